The minimum absolute atomic E-state index is 0.0265. The molecule has 0 saturated heterocycles. The highest BCUT2D eigenvalue weighted by atomic mass is 16.5. The molecule has 5 heteroatoms. The zero-order valence-electron chi connectivity index (χ0n) is 14.3. The first-order valence-electron chi connectivity index (χ1n) is 8.58. The maximum absolute atomic E-state index is 12.3. The van der Waals surface area contributed by atoms with Crippen LogP contribution in [0.3, 0.4) is 0 Å². The third-order valence-electron chi connectivity index (χ3n) is 4.13. The summed E-state index contributed by atoms with van der Waals surface area (Å²) in [4.78, 5) is 25.9. The number of hydrogen-bond donors (Lipinski definition) is 1. The molecule has 0 aromatic heterocycles. The van der Waals surface area contributed by atoms with Crippen LogP contribution in [-0.2, 0) is 16.0 Å². The highest BCUT2D eigenvalue weighted by Gasteiger charge is 2.25. The summed E-state index contributed by atoms with van der Waals surface area (Å²) in [6, 6.07) is 15.5. The van der Waals surface area contributed by atoms with Crippen molar-refractivity contribution in [2.75, 3.05) is 23.4 Å². The van der Waals surface area contributed by atoms with E-state index in [0.717, 1.165) is 12.8 Å². The van der Waals surface area contributed by atoms with E-state index in [9.17, 15) is 9.59 Å². The molecule has 0 unspecified atom stereocenters. The Hall–Kier alpha value is -2.82. The maximum atomic E-state index is 12.3. The van der Waals surface area contributed by atoms with Crippen molar-refractivity contribution >= 4 is 23.2 Å². The molecule has 5 nitrogen and oxygen atoms in total. The molecule has 1 heterocycles. The Morgan fingerprint density at radius 2 is 2.00 bits per heavy atom. The van der Waals surface area contributed by atoms with Crippen molar-refractivity contribution < 1.29 is 14.3 Å². The van der Waals surface area contributed by atoms with Crippen molar-refractivity contribution in [3.05, 3.63) is 54.1 Å². The molecule has 2 aromatic carbocycles. The minimum Gasteiger partial charge on any atom is -0.482 e. The van der Waals surface area contributed by atoms with Crippen LogP contribution >= 0.6 is 0 Å². The number of amides is 2. The number of hydrogen-bond acceptors (Lipinski definition) is 3. The van der Waals surface area contributed by atoms with E-state index in [1.807, 2.05) is 43.3 Å². The number of carbonyl (C=O) groups excluding carboxylic acids is 2. The summed E-state index contributed by atoms with van der Waals surface area (Å²) in [7, 11) is 0. The van der Waals surface area contributed by atoms with Crippen molar-refractivity contribution in [2.45, 2.75) is 26.2 Å². The van der Waals surface area contributed by atoms with Gasteiger partial charge in [-0.2, -0.15) is 0 Å². The van der Waals surface area contributed by atoms with Gasteiger partial charge in [0.1, 0.15) is 5.75 Å². The molecular weight excluding hydrogens is 316 g/mol. The Bertz CT molecular complexity index is 759. The topological polar surface area (TPSA) is 58.6 Å². The zero-order valence-corrected chi connectivity index (χ0v) is 14.3. The molecule has 2 amide bonds. The fraction of sp³-hybridized carbons (Fsp3) is 0.300. The highest BCUT2D eigenvalue weighted by molar-refractivity contribution is 5.99. The van der Waals surface area contributed by atoms with Gasteiger partial charge in [0.05, 0.1) is 5.69 Å². The Kier molecular flexibility index (Phi) is 5.33. The summed E-state index contributed by atoms with van der Waals surface area (Å²) >= 11 is 0. The molecule has 130 valence electrons. The van der Waals surface area contributed by atoms with Gasteiger partial charge in [0.25, 0.3) is 5.91 Å². The van der Waals surface area contributed by atoms with E-state index in [1.54, 1.807) is 17.0 Å². The van der Waals surface area contributed by atoms with Crippen molar-refractivity contribution in [3.63, 3.8) is 0 Å². The van der Waals surface area contributed by atoms with Crippen molar-refractivity contribution in [1.29, 1.82) is 0 Å². The number of anilines is 2. The van der Waals surface area contributed by atoms with Gasteiger partial charge in [0.2, 0.25) is 5.91 Å². The molecule has 1 aliphatic rings. The van der Waals surface area contributed by atoms with E-state index < -0.39 is 0 Å². The Morgan fingerprint density at radius 1 is 1.20 bits per heavy atom. The van der Waals surface area contributed by atoms with Gasteiger partial charge in [-0.3, -0.25) is 9.59 Å². The second-order valence-corrected chi connectivity index (χ2v) is 6.05. The smallest absolute Gasteiger partial charge is 0.265 e. The van der Waals surface area contributed by atoms with Gasteiger partial charge in [0, 0.05) is 18.7 Å². The third-order valence-corrected chi connectivity index (χ3v) is 4.13. The first-order valence-corrected chi connectivity index (χ1v) is 8.58. The molecule has 0 bridgehead atoms. The molecule has 2 aromatic rings. The van der Waals surface area contributed by atoms with Gasteiger partial charge in [-0.1, -0.05) is 37.3 Å². The Morgan fingerprint density at radius 3 is 2.76 bits per heavy atom. The summed E-state index contributed by atoms with van der Waals surface area (Å²) in [5.74, 6) is 0.572. The average molecular weight is 338 g/mol. The maximum Gasteiger partial charge on any atom is 0.265 e. The van der Waals surface area contributed by atoms with E-state index in [2.05, 4.69) is 5.32 Å². The summed E-state index contributed by atoms with van der Waals surface area (Å²) in [6.07, 6.45) is 2.03. The highest BCUT2D eigenvalue weighted by Crippen LogP contribution is 2.34. The first-order chi connectivity index (χ1) is 12.2. The number of fused-ring (bicyclic) bond motifs is 1. The van der Waals surface area contributed by atoms with Crippen LogP contribution in [0.2, 0.25) is 0 Å². The molecule has 0 radical (unpaired) electrons. The van der Waals surface area contributed by atoms with Gasteiger partial charge in [-0.15, -0.1) is 0 Å². The monoisotopic (exact) mass is 338 g/mol. The number of rotatable bonds is 6. The van der Waals surface area contributed by atoms with E-state index in [0.29, 0.717) is 30.1 Å². The lowest BCUT2D eigenvalue weighted by atomic mass is 10.1. The molecule has 3 rings (SSSR count). The lowest BCUT2D eigenvalue weighted by Gasteiger charge is -2.30. The average Bonchev–Trinajstić information content (AvgIpc) is 2.62. The molecule has 0 aliphatic carbocycles. The molecular formula is C20H22N2O3. The third kappa shape index (κ3) is 4.18. The lowest BCUT2D eigenvalue weighted by molar-refractivity contribution is -0.121. The zero-order chi connectivity index (χ0) is 17.6. The minimum atomic E-state index is -0.0690. The number of ether oxygens (including phenoxy) is 1. The number of benzene rings is 2. The van der Waals surface area contributed by atoms with Gasteiger partial charge in [0.15, 0.2) is 6.61 Å². The van der Waals surface area contributed by atoms with E-state index in [-0.39, 0.29) is 18.4 Å². The first kappa shape index (κ1) is 17.0. The largest absolute Gasteiger partial charge is 0.482 e. The molecule has 1 aliphatic heterocycles. The summed E-state index contributed by atoms with van der Waals surface area (Å²) in [5, 5.41) is 2.87. The summed E-state index contributed by atoms with van der Waals surface area (Å²) in [6.45, 7) is 2.58. The van der Waals surface area contributed by atoms with Crippen molar-refractivity contribution in [2.24, 2.45) is 0 Å². The predicted octanol–water partition coefficient (Wildman–Crippen LogP) is 3.39. The van der Waals surface area contributed by atoms with Crippen LogP contribution in [0.5, 0.6) is 5.75 Å². The molecule has 0 spiro atoms. The fourth-order valence-electron chi connectivity index (χ4n) is 2.86. The van der Waals surface area contributed by atoms with E-state index in [1.165, 1.54) is 5.56 Å². The summed E-state index contributed by atoms with van der Waals surface area (Å²) in [5.41, 5.74) is 2.57. The molecule has 1 N–H and O–H groups in total. The van der Waals surface area contributed by atoms with Crippen LogP contribution in [-0.4, -0.2) is 25.0 Å². The normalized spacial score (nSPS) is 13.2. The van der Waals surface area contributed by atoms with Crippen molar-refractivity contribution in [1.82, 2.24) is 0 Å². The van der Waals surface area contributed by atoms with Crippen molar-refractivity contribution in [3.8, 4) is 5.75 Å². The summed E-state index contributed by atoms with van der Waals surface area (Å²) < 4.78 is 5.52. The van der Waals surface area contributed by atoms with Crippen LogP contribution < -0.4 is 15.0 Å². The van der Waals surface area contributed by atoms with Gasteiger partial charge >= 0.3 is 0 Å². The SMILES string of the molecule is CCCC(=O)Nc1ccc2c(c1)N(CCc1ccccc1)C(=O)CO2. The van der Waals surface area contributed by atoms with E-state index >= 15 is 0 Å². The van der Waals surface area contributed by atoms with Crippen LogP contribution in [0.1, 0.15) is 25.3 Å². The van der Waals surface area contributed by atoms with Crippen LogP contribution in [0, 0.1) is 0 Å². The second kappa shape index (κ2) is 7.83. The van der Waals surface area contributed by atoms with Crippen LogP contribution in [0.15, 0.2) is 48.5 Å². The number of nitrogens with zero attached hydrogens (tertiary/aromatic N) is 1. The molecule has 0 saturated carbocycles. The van der Waals surface area contributed by atoms with Crippen LogP contribution in [0.4, 0.5) is 11.4 Å². The Balaban J connectivity index is 1.78. The predicted molar refractivity (Wildman–Crippen MR) is 98.0 cm³/mol. The lowest BCUT2D eigenvalue weighted by Crippen LogP contribution is -2.40. The van der Waals surface area contributed by atoms with Gasteiger partial charge in [-0.05, 0) is 36.6 Å². The number of nitrogens with one attached hydrogen (secondary N) is 1. The quantitative estimate of drug-likeness (QED) is 0.878. The standard InChI is InChI=1S/C20H22N2O3/c1-2-6-19(23)21-16-9-10-18-17(13-16)22(20(24)14-25-18)12-11-15-7-4-3-5-8-15/h3-5,7-10,13H,2,6,11-12,14H2,1H3,(H,21,23). The van der Waals surface area contributed by atoms with Gasteiger partial charge in [-0.25, -0.2) is 0 Å². The second-order valence-electron chi connectivity index (χ2n) is 6.05. The van der Waals surface area contributed by atoms with Gasteiger partial charge < -0.3 is 15.0 Å². The Labute approximate surface area is 147 Å². The molecule has 0 atom stereocenters. The fourth-order valence-corrected chi connectivity index (χ4v) is 2.86. The molecule has 0 fully saturated rings. The number of carbonyl (C=O) groups is 2. The van der Waals surface area contributed by atoms with Crippen LogP contribution in [0.25, 0.3) is 0 Å². The van der Waals surface area contributed by atoms with E-state index in [4.69, 9.17) is 4.74 Å². The molecule has 25 heavy (non-hydrogen) atoms.